The number of benzene rings is 1. The summed E-state index contributed by atoms with van der Waals surface area (Å²) in [6, 6.07) is 14.8. The molecule has 1 aromatic carbocycles. The lowest BCUT2D eigenvalue weighted by Gasteiger charge is -2.32. The highest BCUT2D eigenvalue weighted by Gasteiger charge is 2.23. The van der Waals surface area contributed by atoms with Gasteiger partial charge in [-0.2, -0.15) is 9.61 Å². The number of fused-ring (bicyclic) bond motifs is 1. The van der Waals surface area contributed by atoms with E-state index < -0.39 is 0 Å². The van der Waals surface area contributed by atoms with Gasteiger partial charge in [0.05, 0.1) is 11.4 Å². The number of anilines is 1. The molecule has 0 aliphatic carbocycles. The van der Waals surface area contributed by atoms with Crippen molar-refractivity contribution in [2.75, 3.05) is 25.4 Å². The number of likely N-dealkylation sites (tertiary alicyclic amines) is 1. The Morgan fingerprint density at radius 3 is 2.88 bits per heavy atom. The molecule has 0 bridgehead atoms. The van der Waals surface area contributed by atoms with Gasteiger partial charge in [0, 0.05) is 24.6 Å². The number of hydrogen-bond acceptors (Lipinski definition) is 4. The Bertz CT molecular complexity index is 871. The van der Waals surface area contributed by atoms with Gasteiger partial charge in [-0.3, -0.25) is 0 Å². The zero-order valence-electron chi connectivity index (χ0n) is 15.4. The maximum Gasteiger partial charge on any atom is 0.157 e. The summed E-state index contributed by atoms with van der Waals surface area (Å²) in [5.41, 5.74) is 10.6. The van der Waals surface area contributed by atoms with E-state index >= 15 is 0 Å². The largest absolute Gasteiger partial charge is 0.384 e. The highest BCUT2D eigenvalue weighted by atomic mass is 15.3. The summed E-state index contributed by atoms with van der Waals surface area (Å²) in [5, 5.41) is 4.40. The highest BCUT2D eigenvalue weighted by Crippen LogP contribution is 2.27. The number of nitrogens with two attached hydrogens (primary N) is 1. The Kier molecular flexibility index (Phi) is 4.89. The van der Waals surface area contributed by atoms with E-state index in [2.05, 4.69) is 40.3 Å². The third kappa shape index (κ3) is 3.73. The van der Waals surface area contributed by atoms with Crippen molar-refractivity contribution in [1.82, 2.24) is 19.5 Å². The SMILES string of the molecule is Cc1cc2nc([C@H]3CCCN(CCCc4ccccc4)C3)cc(N)n2n1. The number of aryl methyl sites for hydroxylation is 2. The minimum atomic E-state index is 0.461. The summed E-state index contributed by atoms with van der Waals surface area (Å²) in [6.45, 7) is 5.39. The van der Waals surface area contributed by atoms with E-state index in [4.69, 9.17) is 10.7 Å². The van der Waals surface area contributed by atoms with Crippen LogP contribution in [0.1, 0.15) is 42.1 Å². The normalized spacial score (nSPS) is 18.4. The molecule has 26 heavy (non-hydrogen) atoms. The molecule has 2 aromatic heterocycles. The van der Waals surface area contributed by atoms with E-state index in [1.807, 2.05) is 19.1 Å². The molecule has 2 N–H and O–H groups in total. The number of rotatable bonds is 5. The zero-order chi connectivity index (χ0) is 17.9. The molecule has 4 rings (SSSR count). The molecule has 1 atom stereocenters. The molecule has 1 aliphatic heterocycles. The van der Waals surface area contributed by atoms with Crippen LogP contribution in [0.25, 0.3) is 5.65 Å². The fraction of sp³-hybridized carbons (Fsp3) is 0.429. The van der Waals surface area contributed by atoms with Crippen molar-refractivity contribution in [1.29, 1.82) is 0 Å². The molecule has 0 spiro atoms. The van der Waals surface area contributed by atoms with E-state index in [-0.39, 0.29) is 0 Å². The second-order valence-electron chi connectivity index (χ2n) is 7.39. The van der Waals surface area contributed by atoms with Crippen molar-refractivity contribution >= 4 is 11.5 Å². The average Bonchev–Trinajstić information content (AvgIpc) is 3.04. The van der Waals surface area contributed by atoms with E-state index in [0.29, 0.717) is 11.7 Å². The molecule has 0 radical (unpaired) electrons. The maximum absolute atomic E-state index is 6.20. The van der Waals surface area contributed by atoms with Gasteiger partial charge in [-0.15, -0.1) is 0 Å². The molecule has 5 heteroatoms. The summed E-state index contributed by atoms with van der Waals surface area (Å²) in [6.07, 6.45) is 4.76. The van der Waals surface area contributed by atoms with Gasteiger partial charge in [0.25, 0.3) is 0 Å². The lowest BCUT2D eigenvalue weighted by molar-refractivity contribution is 0.204. The third-order valence-electron chi connectivity index (χ3n) is 5.30. The van der Waals surface area contributed by atoms with Crippen molar-refractivity contribution < 1.29 is 0 Å². The smallest absolute Gasteiger partial charge is 0.157 e. The van der Waals surface area contributed by atoms with Gasteiger partial charge in [0.2, 0.25) is 0 Å². The van der Waals surface area contributed by atoms with Crippen LogP contribution in [0.15, 0.2) is 42.5 Å². The van der Waals surface area contributed by atoms with Crippen LogP contribution in [0.2, 0.25) is 0 Å². The summed E-state index contributed by atoms with van der Waals surface area (Å²) in [5.74, 6) is 1.14. The molecule has 1 fully saturated rings. The second kappa shape index (κ2) is 7.46. The fourth-order valence-electron chi connectivity index (χ4n) is 3.99. The highest BCUT2D eigenvalue weighted by molar-refractivity contribution is 5.48. The number of nitrogens with zero attached hydrogens (tertiary/aromatic N) is 4. The van der Waals surface area contributed by atoms with Crippen LogP contribution in [0, 0.1) is 6.92 Å². The molecule has 3 aromatic rings. The molecule has 3 heterocycles. The topological polar surface area (TPSA) is 59.5 Å². The van der Waals surface area contributed by atoms with Crippen molar-refractivity contribution in [3.8, 4) is 0 Å². The molecule has 1 aliphatic rings. The van der Waals surface area contributed by atoms with Crippen LogP contribution in [-0.2, 0) is 6.42 Å². The average molecular weight is 349 g/mol. The van der Waals surface area contributed by atoms with Crippen LogP contribution in [0.3, 0.4) is 0 Å². The zero-order valence-corrected chi connectivity index (χ0v) is 15.4. The summed E-state index contributed by atoms with van der Waals surface area (Å²) < 4.78 is 1.74. The first-order chi connectivity index (χ1) is 12.7. The van der Waals surface area contributed by atoms with E-state index in [1.54, 1.807) is 4.52 Å². The van der Waals surface area contributed by atoms with Crippen LogP contribution in [0.4, 0.5) is 5.82 Å². The van der Waals surface area contributed by atoms with E-state index in [0.717, 1.165) is 36.5 Å². The summed E-state index contributed by atoms with van der Waals surface area (Å²) >= 11 is 0. The molecule has 0 saturated carbocycles. The monoisotopic (exact) mass is 349 g/mol. The Balaban J connectivity index is 1.40. The standard InChI is InChI=1S/C21H27N5/c1-16-13-21-23-19(14-20(22)26(21)24-16)18-10-6-12-25(15-18)11-5-9-17-7-3-2-4-8-17/h2-4,7-8,13-14,18H,5-6,9-12,15,22H2,1H3/t18-/m0/s1. The molecular formula is C21H27N5. The minimum Gasteiger partial charge on any atom is -0.384 e. The Hall–Kier alpha value is -2.40. The predicted octanol–water partition coefficient (Wildman–Crippen LogP) is 3.43. The lowest BCUT2D eigenvalue weighted by atomic mass is 9.94. The Morgan fingerprint density at radius 2 is 2.04 bits per heavy atom. The first-order valence-electron chi connectivity index (χ1n) is 9.58. The van der Waals surface area contributed by atoms with Crippen LogP contribution in [0.5, 0.6) is 0 Å². The predicted molar refractivity (Wildman–Crippen MR) is 105 cm³/mol. The Labute approximate surface area is 154 Å². The molecule has 0 amide bonds. The van der Waals surface area contributed by atoms with Gasteiger partial charge in [-0.1, -0.05) is 30.3 Å². The minimum absolute atomic E-state index is 0.461. The van der Waals surface area contributed by atoms with Gasteiger partial charge in [0.15, 0.2) is 5.65 Å². The van der Waals surface area contributed by atoms with Gasteiger partial charge in [-0.05, 0) is 51.3 Å². The summed E-state index contributed by atoms with van der Waals surface area (Å²) in [4.78, 5) is 7.42. The van der Waals surface area contributed by atoms with Crippen molar-refractivity contribution in [3.05, 3.63) is 59.4 Å². The number of hydrogen-bond donors (Lipinski definition) is 1. The first-order valence-corrected chi connectivity index (χ1v) is 9.58. The van der Waals surface area contributed by atoms with Crippen LogP contribution in [-0.4, -0.2) is 39.1 Å². The quantitative estimate of drug-likeness (QED) is 0.767. The molecule has 0 unspecified atom stereocenters. The van der Waals surface area contributed by atoms with Crippen LogP contribution < -0.4 is 5.73 Å². The van der Waals surface area contributed by atoms with Crippen molar-refractivity contribution in [2.45, 2.75) is 38.5 Å². The number of aromatic nitrogens is 3. The maximum atomic E-state index is 6.20. The second-order valence-corrected chi connectivity index (χ2v) is 7.39. The third-order valence-corrected chi connectivity index (χ3v) is 5.30. The molecular weight excluding hydrogens is 322 g/mol. The van der Waals surface area contributed by atoms with Gasteiger partial charge >= 0.3 is 0 Å². The van der Waals surface area contributed by atoms with Gasteiger partial charge < -0.3 is 10.6 Å². The van der Waals surface area contributed by atoms with Crippen molar-refractivity contribution in [3.63, 3.8) is 0 Å². The van der Waals surface area contributed by atoms with E-state index in [9.17, 15) is 0 Å². The number of nitrogen functional groups attached to an aromatic ring is 1. The molecule has 1 saturated heterocycles. The first kappa shape index (κ1) is 17.0. The fourth-order valence-corrected chi connectivity index (χ4v) is 3.99. The van der Waals surface area contributed by atoms with Gasteiger partial charge in [-0.25, -0.2) is 4.98 Å². The van der Waals surface area contributed by atoms with Crippen LogP contribution >= 0.6 is 0 Å². The molecule has 136 valence electrons. The lowest BCUT2D eigenvalue weighted by Crippen LogP contribution is -2.35. The number of piperidine rings is 1. The molecule has 5 nitrogen and oxygen atoms in total. The van der Waals surface area contributed by atoms with Gasteiger partial charge in [0.1, 0.15) is 5.82 Å². The van der Waals surface area contributed by atoms with E-state index in [1.165, 1.54) is 31.4 Å². The Morgan fingerprint density at radius 1 is 1.19 bits per heavy atom. The van der Waals surface area contributed by atoms with Crippen molar-refractivity contribution in [2.24, 2.45) is 0 Å². The summed E-state index contributed by atoms with van der Waals surface area (Å²) in [7, 11) is 0.